The molecular formula is C12H14O2S. The Morgan fingerprint density at radius 2 is 1.93 bits per heavy atom. The van der Waals surface area contributed by atoms with E-state index in [0.717, 1.165) is 5.75 Å². The Labute approximate surface area is 94.3 Å². The zero-order valence-corrected chi connectivity index (χ0v) is 9.33. The van der Waals surface area contributed by atoms with E-state index in [1.807, 2.05) is 18.2 Å². The Kier molecular flexibility index (Phi) is 3.46. The normalized spacial score (nSPS) is 18.9. The molecule has 0 amide bonds. The fourth-order valence-electron chi connectivity index (χ4n) is 1.43. The summed E-state index contributed by atoms with van der Waals surface area (Å²) in [7, 11) is 0. The summed E-state index contributed by atoms with van der Waals surface area (Å²) < 4.78 is 11.1. The predicted molar refractivity (Wildman–Crippen MR) is 62.0 cm³/mol. The third-order valence-corrected chi connectivity index (χ3v) is 3.42. The highest BCUT2D eigenvalue weighted by molar-refractivity contribution is 7.99. The minimum atomic E-state index is -0.583. The molecule has 2 rings (SSSR count). The van der Waals surface area contributed by atoms with Gasteiger partial charge >= 0.3 is 0 Å². The first kappa shape index (κ1) is 10.7. The Hall–Kier alpha value is -0.770. The van der Waals surface area contributed by atoms with Crippen molar-refractivity contribution in [2.45, 2.75) is 10.7 Å². The van der Waals surface area contributed by atoms with Crippen LogP contribution in [0.15, 0.2) is 47.9 Å². The summed E-state index contributed by atoms with van der Waals surface area (Å²) in [5.74, 6) is 0.168. The molecule has 0 N–H and O–H groups in total. The van der Waals surface area contributed by atoms with Crippen molar-refractivity contribution in [3.05, 3.63) is 43.0 Å². The average Bonchev–Trinajstić information content (AvgIpc) is 2.77. The monoisotopic (exact) mass is 222 g/mol. The molecule has 0 aliphatic carbocycles. The lowest BCUT2D eigenvalue weighted by Gasteiger charge is -2.22. The van der Waals surface area contributed by atoms with Gasteiger partial charge in [0.2, 0.25) is 0 Å². The zero-order valence-electron chi connectivity index (χ0n) is 8.52. The molecule has 1 saturated heterocycles. The third-order valence-electron chi connectivity index (χ3n) is 2.27. The van der Waals surface area contributed by atoms with E-state index in [1.54, 1.807) is 17.8 Å². The van der Waals surface area contributed by atoms with E-state index < -0.39 is 5.79 Å². The molecular weight excluding hydrogens is 208 g/mol. The van der Waals surface area contributed by atoms with Gasteiger partial charge in [-0.1, -0.05) is 24.8 Å². The van der Waals surface area contributed by atoms with Crippen molar-refractivity contribution in [3.63, 3.8) is 0 Å². The van der Waals surface area contributed by atoms with Crippen LogP contribution in [-0.4, -0.2) is 24.8 Å². The molecule has 0 spiro atoms. The van der Waals surface area contributed by atoms with Crippen LogP contribution in [0.5, 0.6) is 0 Å². The second kappa shape index (κ2) is 4.84. The topological polar surface area (TPSA) is 18.5 Å². The van der Waals surface area contributed by atoms with Crippen LogP contribution in [0.1, 0.15) is 0 Å². The molecule has 1 aliphatic rings. The Bertz CT molecular complexity index is 318. The molecule has 3 heteroatoms. The van der Waals surface area contributed by atoms with E-state index in [9.17, 15) is 0 Å². The number of ether oxygens (including phenoxy) is 2. The number of thioether (sulfide) groups is 1. The second-order valence-corrected chi connectivity index (χ2v) is 4.36. The highest BCUT2D eigenvalue weighted by Gasteiger charge is 2.33. The maximum Gasteiger partial charge on any atom is 0.197 e. The second-order valence-electron chi connectivity index (χ2n) is 3.31. The molecule has 1 aliphatic heterocycles. The maximum atomic E-state index is 5.55. The van der Waals surface area contributed by atoms with Crippen molar-refractivity contribution in [1.82, 2.24) is 0 Å². The number of rotatable bonds is 4. The molecule has 0 bridgehead atoms. The molecule has 1 aromatic rings. The van der Waals surface area contributed by atoms with Gasteiger partial charge in [-0.25, -0.2) is 0 Å². The van der Waals surface area contributed by atoms with E-state index in [1.165, 1.54) is 4.90 Å². The van der Waals surface area contributed by atoms with Gasteiger partial charge in [0.1, 0.15) is 0 Å². The smallest absolute Gasteiger partial charge is 0.197 e. The summed E-state index contributed by atoms with van der Waals surface area (Å²) in [6, 6.07) is 10.2. The van der Waals surface area contributed by atoms with Crippen molar-refractivity contribution in [2.24, 2.45) is 0 Å². The molecule has 0 saturated carbocycles. The summed E-state index contributed by atoms with van der Waals surface area (Å²) in [5, 5.41) is 0. The van der Waals surface area contributed by atoms with Crippen LogP contribution >= 0.6 is 11.8 Å². The van der Waals surface area contributed by atoms with E-state index in [-0.39, 0.29) is 0 Å². The molecule has 2 nitrogen and oxygen atoms in total. The molecule has 1 heterocycles. The van der Waals surface area contributed by atoms with Crippen LogP contribution in [0.25, 0.3) is 0 Å². The molecule has 0 aromatic heterocycles. The number of hydrogen-bond donors (Lipinski definition) is 0. The summed E-state index contributed by atoms with van der Waals surface area (Å²) in [4.78, 5) is 1.22. The minimum Gasteiger partial charge on any atom is -0.343 e. The molecule has 1 aromatic carbocycles. The molecule has 15 heavy (non-hydrogen) atoms. The number of hydrogen-bond acceptors (Lipinski definition) is 3. The van der Waals surface area contributed by atoms with Crippen molar-refractivity contribution in [3.8, 4) is 0 Å². The Morgan fingerprint density at radius 1 is 1.27 bits per heavy atom. The maximum absolute atomic E-state index is 5.55. The summed E-state index contributed by atoms with van der Waals surface area (Å²) >= 11 is 1.72. The standard InChI is InChI=1S/C12H14O2S/c1-2-12(13-8-9-14-12)10-15-11-6-4-3-5-7-11/h2-7H,1,8-10H2. The first-order chi connectivity index (χ1) is 7.35. The van der Waals surface area contributed by atoms with Gasteiger partial charge in [-0.2, -0.15) is 0 Å². The number of benzene rings is 1. The van der Waals surface area contributed by atoms with E-state index in [0.29, 0.717) is 13.2 Å². The molecule has 0 atom stereocenters. The predicted octanol–water partition coefficient (Wildman–Crippen LogP) is 2.71. The molecule has 80 valence electrons. The van der Waals surface area contributed by atoms with Crippen LogP contribution in [0, 0.1) is 0 Å². The van der Waals surface area contributed by atoms with Gasteiger partial charge in [-0.15, -0.1) is 11.8 Å². The molecule has 0 radical (unpaired) electrons. The van der Waals surface area contributed by atoms with Crippen LogP contribution in [0.4, 0.5) is 0 Å². The van der Waals surface area contributed by atoms with Gasteiger partial charge < -0.3 is 9.47 Å². The Morgan fingerprint density at radius 3 is 2.53 bits per heavy atom. The van der Waals surface area contributed by atoms with E-state index >= 15 is 0 Å². The molecule has 1 fully saturated rings. The van der Waals surface area contributed by atoms with Crippen molar-refractivity contribution in [1.29, 1.82) is 0 Å². The van der Waals surface area contributed by atoms with Crippen LogP contribution in [0.2, 0.25) is 0 Å². The van der Waals surface area contributed by atoms with Gasteiger partial charge in [0.15, 0.2) is 5.79 Å². The van der Waals surface area contributed by atoms with Crippen LogP contribution in [0.3, 0.4) is 0 Å². The van der Waals surface area contributed by atoms with Gasteiger partial charge in [0.25, 0.3) is 0 Å². The minimum absolute atomic E-state index is 0.583. The lowest BCUT2D eigenvalue weighted by atomic mass is 10.3. The van der Waals surface area contributed by atoms with Crippen molar-refractivity contribution < 1.29 is 9.47 Å². The summed E-state index contributed by atoms with van der Waals surface area (Å²) in [6.45, 7) is 5.07. The first-order valence-corrected chi connectivity index (χ1v) is 5.93. The van der Waals surface area contributed by atoms with Crippen LogP contribution < -0.4 is 0 Å². The van der Waals surface area contributed by atoms with Gasteiger partial charge in [0, 0.05) is 4.90 Å². The van der Waals surface area contributed by atoms with Crippen LogP contribution in [-0.2, 0) is 9.47 Å². The van der Waals surface area contributed by atoms with Gasteiger partial charge in [-0.3, -0.25) is 0 Å². The highest BCUT2D eigenvalue weighted by Crippen LogP contribution is 2.29. The van der Waals surface area contributed by atoms with Gasteiger partial charge in [-0.05, 0) is 18.2 Å². The fourth-order valence-corrected chi connectivity index (χ4v) is 2.43. The van der Waals surface area contributed by atoms with Crippen molar-refractivity contribution in [2.75, 3.05) is 19.0 Å². The quantitative estimate of drug-likeness (QED) is 0.576. The largest absolute Gasteiger partial charge is 0.343 e. The lowest BCUT2D eigenvalue weighted by molar-refractivity contribution is -0.0951. The average molecular weight is 222 g/mol. The van der Waals surface area contributed by atoms with E-state index in [4.69, 9.17) is 9.47 Å². The SMILES string of the molecule is C=CC1(CSc2ccccc2)OCCO1. The van der Waals surface area contributed by atoms with Crippen molar-refractivity contribution >= 4 is 11.8 Å². The summed E-state index contributed by atoms with van der Waals surface area (Å²) in [6.07, 6.45) is 1.75. The first-order valence-electron chi connectivity index (χ1n) is 4.94. The van der Waals surface area contributed by atoms with E-state index in [2.05, 4.69) is 18.7 Å². The third kappa shape index (κ3) is 2.62. The summed E-state index contributed by atoms with van der Waals surface area (Å²) in [5.41, 5.74) is 0. The van der Waals surface area contributed by atoms with Gasteiger partial charge in [0.05, 0.1) is 19.0 Å². The fraction of sp³-hybridized carbons (Fsp3) is 0.333. The Balaban J connectivity index is 1.94. The highest BCUT2D eigenvalue weighted by atomic mass is 32.2. The molecule has 0 unspecified atom stereocenters. The lowest BCUT2D eigenvalue weighted by Crippen LogP contribution is -2.30. The zero-order chi connectivity index (χ0) is 10.6.